The van der Waals surface area contributed by atoms with Crippen LogP contribution in [0.4, 0.5) is 0 Å². The molecule has 7 heteroatoms. The topological polar surface area (TPSA) is 62.1 Å². The number of aromatic nitrogens is 4. The molecule has 0 unspecified atom stereocenters. The molecule has 0 aliphatic heterocycles. The van der Waals surface area contributed by atoms with Gasteiger partial charge in [0.15, 0.2) is 5.15 Å². The lowest BCUT2D eigenvalue weighted by Crippen LogP contribution is -2.02. The van der Waals surface area contributed by atoms with Gasteiger partial charge in [-0.25, -0.2) is 4.98 Å². The first kappa shape index (κ1) is 21.0. The molecule has 164 valence electrons. The van der Waals surface area contributed by atoms with Gasteiger partial charge in [-0.05, 0) is 23.3 Å². The molecule has 5 aromatic rings. The monoisotopic (exact) mass is 456 g/mol. The first-order chi connectivity index (χ1) is 16.2. The zero-order valence-electron chi connectivity index (χ0n) is 18.0. The Morgan fingerprint density at radius 3 is 2.18 bits per heavy atom. The number of aryl methyl sites for hydroxylation is 1. The highest BCUT2D eigenvalue weighted by molar-refractivity contribution is 6.34. The summed E-state index contributed by atoms with van der Waals surface area (Å²) in [5.41, 5.74) is 4.34. The number of benzene rings is 2. The molecule has 6 nitrogen and oxygen atoms in total. The Bertz CT molecular complexity index is 1390. The fraction of sp³-hybridized carbons (Fsp3) is 0.115. The van der Waals surface area contributed by atoms with E-state index in [2.05, 4.69) is 9.97 Å². The second kappa shape index (κ2) is 9.30. The minimum absolute atomic E-state index is 0.371. The number of rotatable bonds is 7. The van der Waals surface area contributed by atoms with Crippen molar-refractivity contribution in [2.45, 2.75) is 13.2 Å². The van der Waals surface area contributed by atoms with E-state index in [9.17, 15) is 0 Å². The summed E-state index contributed by atoms with van der Waals surface area (Å²) in [6, 6.07) is 25.6. The minimum Gasteiger partial charge on any atom is -0.473 e. The summed E-state index contributed by atoms with van der Waals surface area (Å²) in [6.07, 6.45) is 1.67. The number of fused-ring (bicyclic) bond motifs is 1. The largest absolute Gasteiger partial charge is 0.473 e. The summed E-state index contributed by atoms with van der Waals surface area (Å²) in [5, 5.41) is 5.97. The maximum Gasteiger partial charge on any atom is 0.226 e. The van der Waals surface area contributed by atoms with Crippen LogP contribution in [0.2, 0.25) is 5.15 Å². The van der Waals surface area contributed by atoms with E-state index in [1.165, 1.54) is 0 Å². The highest BCUT2D eigenvalue weighted by atomic mass is 35.5. The van der Waals surface area contributed by atoms with Gasteiger partial charge >= 0.3 is 0 Å². The van der Waals surface area contributed by atoms with Crippen molar-refractivity contribution in [3.8, 4) is 23.0 Å². The molecule has 0 fully saturated rings. The molecule has 0 N–H and O–H groups in total. The maximum absolute atomic E-state index is 6.33. The summed E-state index contributed by atoms with van der Waals surface area (Å²) in [7, 11) is 1.84. The number of nitrogens with zero attached hydrogens (tertiary/aromatic N) is 4. The van der Waals surface area contributed by atoms with Crippen LogP contribution in [0, 0.1) is 0 Å². The molecule has 0 amide bonds. The normalized spacial score (nSPS) is 11.0. The van der Waals surface area contributed by atoms with Crippen molar-refractivity contribution in [2.75, 3.05) is 0 Å². The predicted molar refractivity (Wildman–Crippen MR) is 128 cm³/mol. The zero-order chi connectivity index (χ0) is 22.6. The van der Waals surface area contributed by atoms with E-state index < -0.39 is 0 Å². The van der Waals surface area contributed by atoms with E-state index in [-0.39, 0.29) is 0 Å². The molecule has 33 heavy (non-hydrogen) atoms. The molecule has 0 saturated carbocycles. The molecule has 0 saturated heterocycles. The van der Waals surface area contributed by atoms with Gasteiger partial charge in [0.1, 0.15) is 24.4 Å². The van der Waals surface area contributed by atoms with E-state index in [0.29, 0.717) is 30.1 Å². The highest BCUT2D eigenvalue weighted by Crippen LogP contribution is 2.36. The van der Waals surface area contributed by atoms with Crippen LogP contribution in [0.3, 0.4) is 0 Å². The van der Waals surface area contributed by atoms with Gasteiger partial charge in [0, 0.05) is 24.7 Å². The Hall–Kier alpha value is -3.90. The fourth-order valence-corrected chi connectivity index (χ4v) is 3.91. The Labute approximate surface area is 196 Å². The van der Waals surface area contributed by atoms with E-state index in [1.807, 2.05) is 85.9 Å². The van der Waals surface area contributed by atoms with Gasteiger partial charge in [0.2, 0.25) is 11.8 Å². The Balaban J connectivity index is 1.51. The van der Waals surface area contributed by atoms with Gasteiger partial charge in [-0.2, -0.15) is 10.1 Å². The van der Waals surface area contributed by atoms with Gasteiger partial charge in [-0.3, -0.25) is 4.68 Å². The van der Waals surface area contributed by atoms with Crippen molar-refractivity contribution >= 4 is 22.5 Å². The van der Waals surface area contributed by atoms with E-state index >= 15 is 0 Å². The molecule has 0 aliphatic carbocycles. The van der Waals surface area contributed by atoms with Crippen molar-refractivity contribution in [3.05, 3.63) is 101 Å². The molecule has 3 heterocycles. The van der Waals surface area contributed by atoms with Crippen molar-refractivity contribution in [2.24, 2.45) is 7.05 Å². The quantitative estimate of drug-likeness (QED) is 0.288. The van der Waals surface area contributed by atoms with Crippen LogP contribution in [0.25, 0.3) is 22.2 Å². The summed E-state index contributed by atoms with van der Waals surface area (Å²) in [5.74, 6) is 0.919. The fourth-order valence-electron chi connectivity index (χ4n) is 3.63. The summed E-state index contributed by atoms with van der Waals surface area (Å²) in [4.78, 5) is 8.85. The highest BCUT2D eigenvalue weighted by Gasteiger charge is 2.19. The van der Waals surface area contributed by atoms with Crippen molar-refractivity contribution in [1.29, 1.82) is 0 Å². The van der Waals surface area contributed by atoms with Crippen LogP contribution in [-0.4, -0.2) is 19.7 Å². The van der Waals surface area contributed by atoms with Crippen LogP contribution in [0.1, 0.15) is 11.1 Å². The second-order valence-corrected chi connectivity index (χ2v) is 7.88. The molecule has 0 spiro atoms. The summed E-state index contributed by atoms with van der Waals surface area (Å²) >= 11 is 6.33. The standard InChI is InChI=1S/C26H21ClN4O2/c1-31-24-20(14-15-28-25(24)27)23(30-31)21-12-13-22(32-16-18-8-4-2-5-9-18)29-26(21)33-17-19-10-6-3-7-11-19/h2-15H,16-17H2,1H3. The Morgan fingerprint density at radius 1 is 0.818 bits per heavy atom. The average Bonchev–Trinajstić information content (AvgIpc) is 3.20. The molecule has 5 rings (SSSR count). The van der Waals surface area contributed by atoms with E-state index in [1.54, 1.807) is 10.9 Å². The number of hydrogen-bond donors (Lipinski definition) is 0. The summed E-state index contributed by atoms with van der Waals surface area (Å²) < 4.78 is 13.8. The van der Waals surface area contributed by atoms with E-state index in [4.69, 9.17) is 26.2 Å². The summed E-state index contributed by atoms with van der Waals surface area (Å²) in [6.45, 7) is 0.787. The average molecular weight is 457 g/mol. The molecular weight excluding hydrogens is 436 g/mol. The number of ether oxygens (including phenoxy) is 2. The van der Waals surface area contributed by atoms with Gasteiger partial charge < -0.3 is 9.47 Å². The second-order valence-electron chi connectivity index (χ2n) is 7.52. The van der Waals surface area contributed by atoms with Crippen LogP contribution < -0.4 is 9.47 Å². The zero-order valence-corrected chi connectivity index (χ0v) is 18.7. The number of halogens is 1. The van der Waals surface area contributed by atoms with Gasteiger partial charge in [0.25, 0.3) is 0 Å². The third kappa shape index (κ3) is 4.52. The molecule has 0 radical (unpaired) electrons. The first-order valence-electron chi connectivity index (χ1n) is 10.5. The third-order valence-corrected chi connectivity index (χ3v) is 5.52. The molecular formula is C26H21ClN4O2. The SMILES string of the molecule is Cn1nc(-c2ccc(OCc3ccccc3)nc2OCc2ccccc2)c2ccnc(Cl)c21. The molecule has 3 aromatic heterocycles. The maximum atomic E-state index is 6.33. The van der Waals surface area contributed by atoms with Gasteiger partial charge in [-0.15, -0.1) is 0 Å². The van der Waals surface area contributed by atoms with Crippen LogP contribution in [-0.2, 0) is 20.3 Å². The predicted octanol–water partition coefficient (Wildman–Crippen LogP) is 5.84. The lowest BCUT2D eigenvalue weighted by Gasteiger charge is -2.12. The van der Waals surface area contributed by atoms with Crippen LogP contribution in [0.15, 0.2) is 85.1 Å². The number of hydrogen-bond acceptors (Lipinski definition) is 5. The first-order valence-corrected chi connectivity index (χ1v) is 10.9. The lowest BCUT2D eigenvalue weighted by atomic mass is 10.1. The molecule has 2 aromatic carbocycles. The molecule has 0 aliphatic rings. The van der Waals surface area contributed by atoms with Crippen molar-refractivity contribution in [3.63, 3.8) is 0 Å². The minimum atomic E-state index is 0.371. The third-order valence-electron chi connectivity index (χ3n) is 5.25. The van der Waals surface area contributed by atoms with Crippen LogP contribution >= 0.6 is 11.6 Å². The van der Waals surface area contributed by atoms with Crippen LogP contribution in [0.5, 0.6) is 11.8 Å². The van der Waals surface area contributed by atoms with Gasteiger partial charge in [-0.1, -0.05) is 72.3 Å². The Morgan fingerprint density at radius 2 is 1.48 bits per heavy atom. The van der Waals surface area contributed by atoms with Gasteiger partial charge in [0.05, 0.1) is 5.56 Å². The van der Waals surface area contributed by atoms with Crippen molar-refractivity contribution in [1.82, 2.24) is 19.7 Å². The Kier molecular flexibility index (Phi) is 5.91. The molecule has 0 bridgehead atoms. The van der Waals surface area contributed by atoms with E-state index in [0.717, 1.165) is 33.3 Å². The smallest absolute Gasteiger partial charge is 0.226 e. The molecule has 0 atom stereocenters. The lowest BCUT2D eigenvalue weighted by molar-refractivity contribution is 0.268. The number of pyridine rings is 2. The van der Waals surface area contributed by atoms with Crippen molar-refractivity contribution < 1.29 is 9.47 Å².